The van der Waals surface area contributed by atoms with Crippen LogP contribution in [0.5, 0.6) is 17.2 Å². The summed E-state index contributed by atoms with van der Waals surface area (Å²) >= 11 is 0. The summed E-state index contributed by atoms with van der Waals surface area (Å²) in [5.74, 6) is 2.55. The standard InChI is InChI=1S/C24H32N2O4/c1-17-10-18(2)19(3)23(11-17)28-15-21(27)14-26-8-6-25(7-9-26)13-20-4-5-22-24(12-20)30-16-29-22/h4-5,10-12,21,27H,6-9,13-16H2,1-3H3. The lowest BCUT2D eigenvalue weighted by atomic mass is 10.1. The van der Waals surface area contributed by atoms with Crippen molar-refractivity contribution in [1.82, 2.24) is 9.80 Å². The maximum Gasteiger partial charge on any atom is 0.231 e. The Labute approximate surface area is 179 Å². The van der Waals surface area contributed by atoms with Crippen LogP contribution in [0.1, 0.15) is 22.3 Å². The molecule has 1 fully saturated rings. The topological polar surface area (TPSA) is 54.4 Å². The first-order valence-corrected chi connectivity index (χ1v) is 10.7. The number of aliphatic hydroxyl groups excluding tert-OH is 1. The van der Waals surface area contributed by atoms with E-state index >= 15 is 0 Å². The van der Waals surface area contributed by atoms with Gasteiger partial charge in [-0.3, -0.25) is 9.80 Å². The van der Waals surface area contributed by atoms with Crippen molar-refractivity contribution in [3.63, 3.8) is 0 Å². The molecule has 2 aliphatic heterocycles. The molecule has 1 N–H and O–H groups in total. The number of hydrogen-bond donors (Lipinski definition) is 1. The Morgan fingerprint density at radius 3 is 2.50 bits per heavy atom. The summed E-state index contributed by atoms with van der Waals surface area (Å²) in [5, 5.41) is 10.5. The lowest BCUT2D eigenvalue weighted by Crippen LogP contribution is -2.48. The number of hydrogen-bond acceptors (Lipinski definition) is 6. The van der Waals surface area contributed by atoms with Crippen LogP contribution in [-0.2, 0) is 6.54 Å². The molecule has 0 bridgehead atoms. The summed E-state index contributed by atoms with van der Waals surface area (Å²) in [6, 6.07) is 10.4. The van der Waals surface area contributed by atoms with Crippen molar-refractivity contribution < 1.29 is 19.3 Å². The molecule has 2 heterocycles. The Hall–Kier alpha value is -2.28. The molecular formula is C24H32N2O4. The minimum absolute atomic E-state index is 0.312. The molecule has 0 saturated carbocycles. The van der Waals surface area contributed by atoms with Gasteiger partial charge in [-0.1, -0.05) is 12.1 Å². The molecule has 6 nitrogen and oxygen atoms in total. The molecule has 0 aromatic heterocycles. The lowest BCUT2D eigenvalue weighted by molar-refractivity contribution is 0.0444. The molecule has 0 spiro atoms. The van der Waals surface area contributed by atoms with Gasteiger partial charge in [-0.2, -0.15) is 0 Å². The molecule has 162 valence electrons. The van der Waals surface area contributed by atoms with E-state index in [1.807, 2.05) is 12.1 Å². The van der Waals surface area contributed by atoms with Gasteiger partial charge >= 0.3 is 0 Å². The van der Waals surface area contributed by atoms with Gasteiger partial charge in [0.1, 0.15) is 18.5 Å². The Morgan fingerprint density at radius 1 is 0.967 bits per heavy atom. The van der Waals surface area contributed by atoms with Crippen molar-refractivity contribution in [3.8, 4) is 17.2 Å². The van der Waals surface area contributed by atoms with E-state index in [1.54, 1.807) is 0 Å². The highest BCUT2D eigenvalue weighted by Gasteiger charge is 2.21. The third kappa shape index (κ3) is 5.06. The highest BCUT2D eigenvalue weighted by molar-refractivity contribution is 5.44. The summed E-state index contributed by atoms with van der Waals surface area (Å²) in [4.78, 5) is 4.76. The zero-order valence-electron chi connectivity index (χ0n) is 18.2. The second kappa shape index (κ2) is 9.25. The molecule has 2 aromatic carbocycles. The van der Waals surface area contributed by atoms with Crippen LogP contribution in [0.25, 0.3) is 0 Å². The quantitative estimate of drug-likeness (QED) is 0.755. The first-order chi connectivity index (χ1) is 14.5. The fraction of sp³-hybridized carbons (Fsp3) is 0.500. The van der Waals surface area contributed by atoms with Gasteiger partial charge in [-0.15, -0.1) is 0 Å². The molecule has 0 radical (unpaired) electrons. The minimum atomic E-state index is -0.495. The second-order valence-corrected chi connectivity index (χ2v) is 8.43. The molecule has 0 amide bonds. The zero-order valence-corrected chi connectivity index (χ0v) is 18.2. The normalized spacial score (nSPS) is 17.9. The number of ether oxygens (including phenoxy) is 3. The second-order valence-electron chi connectivity index (χ2n) is 8.43. The third-order valence-electron chi connectivity index (χ3n) is 5.97. The smallest absolute Gasteiger partial charge is 0.231 e. The molecule has 1 saturated heterocycles. The monoisotopic (exact) mass is 412 g/mol. The number of piperazine rings is 1. The van der Waals surface area contributed by atoms with Gasteiger partial charge in [0, 0.05) is 39.3 Å². The van der Waals surface area contributed by atoms with Crippen molar-refractivity contribution in [1.29, 1.82) is 0 Å². The van der Waals surface area contributed by atoms with Crippen LogP contribution in [0, 0.1) is 20.8 Å². The highest BCUT2D eigenvalue weighted by Crippen LogP contribution is 2.32. The van der Waals surface area contributed by atoms with Crippen molar-refractivity contribution in [2.24, 2.45) is 0 Å². The number of benzene rings is 2. The maximum atomic E-state index is 10.5. The number of aryl methyl sites for hydroxylation is 2. The van der Waals surface area contributed by atoms with Crippen LogP contribution in [0.15, 0.2) is 30.3 Å². The van der Waals surface area contributed by atoms with Gasteiger partial charge < -0.3 is 19.3 Å². The van der Waals surface area contributed by atoms with Crippen LogP contribution in [0.4, 0.5) is 0 Å². The van der Waals surface area contributed by atoms with Crippen molar-refractivity contribution in [2.45, 2.75) is 33.4 Å². The summed E-state index contributed by atoms with van der Waals surface area (Å²) in [5.41, 5.74) is 4.79. The average Bonchev–Trinajstić information content (AvgIpc) is 3.19. The first-order valence-electron chi connectivity index (χ1n) is 10.7. The zero-order chi connectivity index (χ0) is 21.1. The number of β-amino-alcohol motifs (C(OH)–C–C–N with tert-alkyl or cyclic N) is 1. The van der Waals surface area contributed by atoms with Gasteiger partial charge in [0.15, 0.2) is 11.5 Å². The van der Waals surface area contributed by atoms with E-state index in [0.29, 0.717) is 19.9 Å². The van der Waals surface area contributed by atoms with E-state index in [0.717, 1.165) is 55.5 Å². The first kappa shape index (κ1) is 21.0. The molecule has 30 heavy (non-hydrogen) atoms. The molecule has 2 aliphatic rings. The summed E-state index contributed by atoms with van der Waals surface area (Å²) < 4.78 is 16.8. The predicted octanol–water partition coefficient (Wildman–Crippen LogP) is 2.90. The van der Waals surface area contributed by atoms with E-state index in [4.69, 9.17) is 14.2 Å². The summed E-state index contributed by atoms with van der Waals surface area (Å²) in [6.45, 7) is 12.3. The van der Waals surface area contributed by atoms with Gasteiger partial charge in [0.25, 0.3) is 0 Å². The fourth-order valence-electron chi connectivity index (χ4n) is 4.11. The van der Waals surface area contributed by atoms with Crippen LogP contribution in [-0.4, -0.2) is 67.1 Å². The van der Waals surface area contributed by atoms with Gasteiger partial charge in [0.2, 0.25) is 6.79 Å². The van der Waals surface area contributed by atoms with E-state index in [1.165, 1.54) is 16.7 Å². The minimum Gasteiger partial charge on any atom is -0.491 e. The fourth-order valence-corrected chi connectivity index (χ4v) is 4.11. The molecule has 1 atom stereocenters. The molecule has 1 unspecified atom stereocenters. The largest absolute Gasteiger partial charge is 0.491 e. The Morgan fingerprint density at radius 2 is 1.70 bits per heavy atom. The van der Waals surface area contributed by atoms with Gasteiger partial charge in [-0.25, -0.2) is 0 Å². The van der Waals surface area contributed by atoms with E-state index < -0.39 is 6.10 Å². The number of nitrogens with zero attached hydrogens (tertiary/aromatic N) is 2. The highest BCUT2D eigenvalue weighted by atomic mass is 16.7. The van der Waals surface area contributed by atoms with Crippen LogP contribution < -0.4 is 14.2 Å². The molecule has 0 aliphatic carbocycles. The van der Waals surface area contributed by atoms with E-state index in [2.05, 4.69) is 48.8 Å². The van der Waals surface area contributed by atoms with Crippen LogP contribution in [0.3, 0.4) is 0 Å². The molecule has 4 rings (SSSR count). The molecule has 2 aromatic rings. The Bertz CT molecular complexity index is 878. The molecular weight excluding hydrogens is 380 g/mol. The van der Waals surface area contributed by atoms with Crippen molar-refractivity contribution >= 4 is 0 Å². The number of rotatable bonds is 7. The number of fused-ring (bicyclic) bond motifs is 1. The van der Waals surface area contributed by atoms with E-state index in [9.17, 15) is 5.11 Å². The Kier molecular flexibility index (Phi) is 6.46. The van der Waals surface area contributed by atoms with Crippen molar-refractivity contribution in [2.75, 3.05) is 46.1 Å². The Balaban J connectivity index is 1.21. The average molecular weight is 413 g/mol. The third-order valence-corrected chi connectivity index (χ3v) is 5.97. The van der Waals surface area contributed by atoms with E-state index in [-0.39, 0.29) is 0 Å². The van der Waals surface area contributed by atoms with Crippen molar-refractivity contribution in [3.05, 3.63) is 52.6 Å². The molecule has 6 heteroatoms. The van der Waals surface area contributed by atoms with Gasteiger partial charge in [-0.05, 0) is 61.2 Å². The lowest BCUT2D eigenvalue weighted by Gasteiger charge is -2.35. The van der Waals surface area contributed by atoms with Crippen LogP contribution in [0.2, 0.25) is 0 Å². The SMILES string of the molecule is Cc1cc(C)c(C)c(OCC(O)CN2CCN(Cc3ccc4c(c3)OCO4)CC2)c1. The maximum absolute atomic E-state index is 10.5. The van der Waals surface area contributed by atoms with Crippen LogP contribution >= 0.6 is 0 Å². The number of aliphatic hydroxyl groups is 1. The summed E-state index contributed by atoms with van der Waals surface area (Å²) in [6.07, 6.45) is -0.495. The summed E-state index contributed by atoms with van der Waals surface area (Å²) in [7, 11) is 0. The van der Waals surface area contributed by atoms with Gasteiger partial charge in [0.05, 0.1) is 0 Å². The predicted molar refractivity (Wildman–Crippen MR) is 116 cm³/mol.